The van der Waals surface area contributed by atoms with Crippen LogP contribution in [0.4, 0.5) is 4.79 Å². The van der Waals surface area contributed by atoms with Gasteiger partial charge in [0, 0.05) is 37.3 Å². The van der Waals surface area contributed by atoms with Gasteiger partial charge in [0.2, 0.25) is 5.89 Å². The van der Waals surface area contributed by atoms with Gasteiger partial charge in [0.05, 0.1) is 5.41 Å². The largest absolute Gasteiger partial charge is 0.445 e. The number of hydrogen-bond donors (Lipinski definition) is 1. The maximum absolute atomic E-state index is 12.5. The number of nitrogens with one attached hydrogen (secondary N) is 1. The molecule has 5 rings (SSSR count). The number of pyridine rings is 1. The van der Waals surface area contributed by atoms with Crippen LogP contribution in [0.25, 0.3) is 11.0 Å². The van der Waals surface area contributed by atoms with Crippen molar-refractivity contribution < 1.29 is 14.1 Å². The number of aromatic nitrogens is 4. The minimum atomic E-state index is -0.390. The van der Waals surface area contributed by atoms with Gasteiger partial charge in [-0.3, -0.25) is 0 Å². The van der Waals surface area contributed by atoms with Gasteiger partial charge in [-0.25, -0.2) is 9.78 Å². The van der Waals surface area contributed by atoms with E-state index in [1.807, 2.05) is 55.6 Å². The number of nitrogens with zero attached hydrogens (tertiary/aromatic N) is 4. The lowest BCUT2D eigenvalue weighted by atomic mass is 9.90. The summed E-state index contributed by atoms with van der Waals surface area (Å²) in [5, 5.41) is 5.23. The predicted octanol–water partition coefficient (Wildman–Crippen LogP) is 3.84. The maximum atomic E-state index is 12.5. The Hall–Kier alpha value is -3.68. The number of likely N-dealkylation sites (tertiary alicyclic amines) is 1. The number of rotatable bonds is 5. The van der Waals surface area contributed by atoms with E-state index >= 15 is 0 Å². The first-order valence-corrected chi connectivity index (χ1v) is 10.3. The highest BCUT2D eigenvalue weighted by molar-refractivity contribution is 5.79. The van der Waals surface area contributed by atoms with Crippen LogP contribution in [0.3, 0.4) is 0 Å². The standard InChI is InChI=1S/C23H23N5O3/c1-23(9-11-28(15-23)22(29)30-14-16-6-3-2-4-7-16)21-26-19(27-31-21)12-17-13-25-20-18(17)8-5-10-24-20/h2-8,10,13H,9,11-12,14-15H2,1H3,(H,24,25). The van der Waals surface area contributed by atoms with E-state index in [1.54, 1.807) is 11.1 Å². The molecule has 1 atom stereocenters. The summed E-state index contributed by atoms with van der Waals surface area (Å²) in [5.74, 6) is 1.17. The van der Waals surface area contributed by atoms with E-state index in [9.17, 15) is 4.79 Å². The fraction of sp³-hybridized carbons (Fsp3) is 0.304. The Kier molecular flexibility index (Phi) is 4.89. The van der Waals surface area contributed by atoms with Crippen molar-refractivity contribution in [3.8, 4) is 0 Å². The molecule has 0 spiro atoms. The molecule has 1 aromatic carbocycles. The molecule has 4 aromatic rings. The molecular weight excluding hydrogens is 394 g/mol. The first-order chi connectivity index (χ1) is 15.1. The quantitative estimate of drug-likeness (QED) is 0.530. The average molecular weight is 417 g/mol. The summed E-state index contributed by atoms with van der Waals surface area (Å²) in [7, 11) is 0. The molecule has 4 heterocycles. The number of ether oxygens (including phenoxy) is 1. The Labute approximate surface area is 179 Å². The summed E-state index contributed by atoms with van der Waals surface area (Å²) < 4.78 is 11.1. The minimum Gasteiger partial charge on any atom is -0.445 e. The lowest BCUT2D eigenvalue weighted by Gasteiger charge is -2.20. The number of H-pyrrole nitrogens is 1. The molecule has 1 N–H and O–H groups in total. The Balaban J connectivity index is 1.23. The maximum Gasteiger partial charge on any atom is 0.410 e. The molecule has 1 aliphatic heterocycles. The molecule has 31 heavy (non-hydrogen) atoms. The van der Waals surface area contributed by atoms with Crippen LogP contribution in [0, 0.1) is 0 Å². The van der Waals surface area contributed by atoms with Crippen molar-refractivity contribution in [1.29, 1.82) is 0 Å². The van der Waals surface area contributed by atoms with Crippen LogP contribution in [0.5, 0.6) is 0 Å². The summed E-state index contributed by atoms with van der Waals surface area (Å²) >= 11 is 0. The number of carbonyl (C=O) groups excluding carboxylic acids is 1. The van der Waals surface area contributed by atoms with E-state index in [1.165, 1.54) is 0 Å². The van der Waals surface area contributed by atoms with E-state index in [4.69, 9.17) is 9.26 Å². The van der Waals surface area contributed by atoms with Crippen LogP contribution >= 0.6 is 0 Å². The molecular formula is C23H23N5O3. The Morgan fingerprint density at radius 1 is 1.26 bits per heavy atom. The Morgan fingerprint density at radius 3 is 3.00 bits per heavy atom. The minimum absolute atomic E-state index is 0.261. The molecule has 158 valence electrons. The SMILES string of the molecule is CC1(c2nc(Cc3c[nH]c4ncccc34)no2)CCN(C(=O)OCc2ccccc2)C1. The summed E-state index contributed by atoms with van der Waals surface area (Å²) in [5.41, 5.74) is 2.48. The number of fused-ring (bicyclic) bond motifs is 1. The molecule has 0 bridgehead atoms. The first kappa shape index (κ1) is 19.3. The van der Waals surface area contributed by atoms with E-state index in [0.29, 0.717) is 31.2 Å². The van der Waals surface area contributed by atoms with Crippen molar-refractivity contribution in [2.75, 3.05) is 13.1 Å². The molecule has 1 unspecified atom stereocenters. The smallest absolute Gasteiger partial charge is 0.410 e. The van der Waals surface area contributed by atoms with Gasteiger partial charge in [-0.15, -0.1) is 0 Å². The molecule has 1 aliphatic rings. The number of aromatic amines is 1. The number of carbonyl (C=O) groups is 1. The van der Waals surface area contributed by atoms with Crippen LogP contribution in [0.2, 0.25) is 0 Å². The molecule has 1 amide bonds. The van der Waals surface area contributed by atoms with Crippen LogP contribution < -0.4 is 0 Å². The normalized spacial score (nSPS) is 18.5. The van der Waals surface area contributed by atoms with Gasteiger partial charge in [0.25, 0.3) is 0 Å². The van der Waals surface area contributed by atoms with E-state index in [0.717, 1.165) is 28.6 Å². The van der Waals surface area contributed by atoms with Crippen molar-refractivity contribution >= 4 is 17.1 Å². The van der Waals surface area contributed by atoms with Crippen molar-refractivity contribution in [1.82, 2.24) is 25.0 Å². The van der Waals surface area contributed by atoms with Crippen LogP contribution in [0.15, 0.2) is 59.4 Å². The van der Waals surface area contributed by atoms with Crippen LogP contribution in [-0.2, 0) is 23.2 Å². The van der Waals surface area contributed by atoms with Crippen molar-refractivity contribution in [3.63, 3.8) is 0 Å². The van der Waals surface area contributed by atoms with Gasteiger partial charge < -0.3 is 19.1 Å². The summed E-state index contributed by atoms with van der Waals surface area (Å²) in [6.07, 6.45) is 4.65. The molecule has 8 nitrogen and oxygen atoms in total. The third kappa shape index (κ3) is 3.88. The predicted molar refractivity (Wildman–Crippen MR) is 113 cm³/mol. The average Bonchev–Trinajstić information content (AvgIpc) is 3.53. The van der Waals surface area contributed by atoms with Gasteiger partial charge >= 0.3 is 6.09 Å². The molecule has 3 aromatic heterocycles. The number of amides is 1. The third-order valence-corrected chi connectivity index (χ3v) is 5.81. The van der Waals surface area contributed by atoms with Gasteiger partial charge in [0.1, 0.15) is 12.3 Å². The molecule has 8 heteroatoms. The van der Waals surface area contributed by atoms with Gasteiger partial charge in [-0.1, -0.05) is 35.5 Å². The number of benzene rings is 1. The van der Waals surface area contributed by atoms with E-state index < -0.39 is 5.41 Å². The fourth-order valence-corrected chi connectivity index (χ4v) is 4.00. The van der Waals surface area contributed by atoms with Crippen LogP contribution in [0.1, 0.15) is 36.2 Å². The third-order valence-electron chi connectivity index (χ3n) is 5.81. The molecule has 0 saturated carbocycles. The fourth-order valence-electron chi connectivity index (χ4n) is 4.00. The second-order valence-corrected chi connectivity index (χ2v) is 8.18. The van der Waals surface area contributed by atoms with Crippen LogP contribution in [-0.4, -0.2) is 44.2 Å². The Morgan fingerprint density at radius 2 is 2.13 bits per heavy atom. The summed E-state index contributed by atoms with van der Waals surface area (Å²) in [6, 6.07) is 13.6. The van der Waals surface area contributed by atoms with E-state index in [-0.39, 0.29) is 12.7 Å². The highest BCUT2D eigenvalue weighted by Crippen LogP contribution is 2.33. The van der Waals surface area contributed by atoms with Gasteiger partial charge in [-0.05, 0) is 36.6 Å². The lowest BCUT2D eigenvalue weighted by Crippen LogP contribution is -2.33. The topological polar surface area (TPSA) is 97.1 Å². The molecule has 0 radical (unpaired) electrons. The lowest BCUT2D eigenvalue weighted by molar-refractivity contribution is 0.102. The van der Waals surface area contributed by atoms with Crippen molar-refractivity contribution in [3.05, 3.63) is 77.7 Å². The number of hydrogen-bond acceptors (Lipinski definition) is 6. The molecule has 1 fully saturated rings. The zero-order chi connectivity index (χ0) is 21.3. The monoisotopic (exact) mass is 417 g/mol. The van der Waals surface area contributed by atoms with Crippen molar-refractivity contribution in [2.45, 2.75) is 31.8 Å². The highest BCUT2D eigenvalue weighted by Gasteiger charge is 2.42. The van der Waals surface area contributed by atoms with Gasteiger partial charge in [0.15, 0.2) is 5.82 Å². The van der Waals surface area contributed by atoms with E-state index in [2.05, 4.69) is 20.1 Å². The summed E-state index contributed by atoms with van der Waals surface area (Å²) in [4.78, 5) is 26.3. The second kappa shape index (κ2) is 7.86. The molecule has 1 saturated heterocycles. The van der Waals surface area contributed by atoms with Crippen molar-refractivity contribution in [2.24, 2.45) is 0 Å². The zero-order valence-electron chi connectivity index (χ0n) is 17.2. The molecule has 0 aliphatic carbocycles. The summed E-state index contributed by atoms with van der Waals surface area (Å²) in [6.45, 7) is 3.39. The second-order valence-electron chi connectivity index (χ2n) is 8.18. The zero-order valence-corrected chi connectivity index (χ0v) is 17.2. The first-order valence-electron chi connectivity index (χ1n) is 10.3. The highest BCUT2D eigenvalue weighted by atomic mass is 16.6. The Bertz CT molecular complexity index is 1200. The van der Waals surface area contributed by atoms with Gasteiger partial charge in [-0.2, -0.15) is 4.98 Å².